The van der Waals surface area contributed by atoms with Crippen LogP contribution in [0.3, 0.4) is 0 Å². The molecule has 4 nitrogen and oxygen atoms in total. The Morgan fingerprint density at radius 2 is 2.30 bits per heavy atom. The molecule has 1 N–H and O–H groups in total. The summed E-state index contributed by atoms with van der Waals surface area (Å²) in [5.41, 5.74) is 4.20. The van der Waals surface area contributed by atoms with E-state index in [9.17, 15) is 0 Å². The maximum Gasteiger partial charge on any atom is 0.0753 e. The predicted molar refractivity (Wildman–Crippen MR) is 98.4 cm³/mol. The van der Waals surface area contributed by atoms with Gasteiger partial charge in [-0.15, -0.1) is 23.1 Å². The molecule has 2 aromatic rings. The van der Waals surface area contributed by atoms with Gasteiger partial charge in [0.15, 0.2) is 0 Å². The van der Waals surface area contributed by atoms with E-state index in [2.05, 4.69) is 34.3 Å². The van der Waals surface area contributed by atoms with E-state index in [4.69, 9.17) is 4.74 Å². The molecule has 3 rings (SSSR count). The molecule has 1 aliphatic rings. The Morgan fingerprint density at radius 3 is 3.04 bits per heavy atom. The van der Waals surface area contributed by atoms with Gasteiger partial charge >= 0.3 is 0 Å². The Morgan fingerprint density at radius 1 is 1.39 bits per heavy atom. The average Bonchev–Trinajstić information content (AvgIpc) is 3.21. The lowest BCUT2D eigenvalue weighted by Crippen LogP contribution is -2.33. The lowest BCUT2D eigenvalue weighted by molar-refractivity contribution is 0.0971. The number of hydrogen-bond acceptors (Lipinski definition) is 5. The molecule has 126 valence electrons. The highest BCUT2D eigenvalue weighted by Gasteiger charge is 2.25. The topological polar surface area (TPSA) is 41.1 Å². The number of aromatic amines is 1. The van der Waals surface area contributed by atoms with Crippen molar-refractivity contribution in [1.29, 1.82) is 0 Å². The van der Waals surface area contributed by atoms with Crippen molar-refractivity contribution in [3.8, 4) is 10.6 Å². The van der Waals surface area contributed by atoms with Gasteiger partial charge in [-0.25, -0.2) is 0 Å². The number of nitrogens with one attached hydrogen (secondary N) is 1. The molecule has 0 amide bonds. The third kappa shape index (κ3) is 3.99. The summed E-state index contributed by atoms with van der Waals surface area (Å²) >= 11 is 3.77. The molecule has 0 bridgehead atoms. The molecule has 0 radical (unpaired) electrons. The van der Waals surface area contributed by atoms with Gasteiger partial charge in [0.1, 0.15) is 0 Å². The van der Waals surface area contributed by atoms with Gasteiger partial charge in [-0.05, 0) is 36.3 Å². The molecule has 0 spiro atoms. The zero-order chi connectivity index (χ0) is 16.1. The lowest BCUT2D eigenvalue weighted by atomic mass is 10.0. The predicted octanol–water partition coefficient (Wildman–Crippen LogP) is 4.03. The van der Waals surface area contributed by atoms with Crippen LogP contribution in [0.2, 0.25) is 0 Å². The number of ether oxygens (including phenoxy) is 1. The number of hydrogen-bond donors (Lipinski definition) is 1. The van der Waals surface area contributed by atoms with E-state index in [1.54, 1.807) is 0 Å². The summed E-state index contributed by atoms with van der Waals surface area (Å²) in [6.45, 7) is 7.15. The Labute approximate surface area is 146 Å². The van der Waals surface area contributed by atoms with Crippen LogP contribution in [0.4, 0.5) is 0 Å². The minimum absolute atomic E-state index is 0.849. The van der Waals surface area contributed by atoms with Crippen LogP contribution in [0.25, 0.3) is 10.6 Å². The fraction of sp³-hybridized carbons (Fsp3) is 0.588. The Bertz CT molecular complexity index is 610. The first kappa shape index (κ1) is 17.0. The third-order valence-electron chi connectivity index (χ3n) is 4.26. The van der Waals surface area contributed by atoms with Crippen LogP contribution < -0.4 is 0 Å². The van der Waals surface area contributed by atoms with Crippen LogP contribution in [-0.4, -0.2) is 47.7 Å². The molecule has 0 saturated heterocycles. The number of thioether (sulfide) groups is 1. The molecule has 0 atom stereocenters. The van der Waals surface area contributed by atoms with Gasteiger partial charge in [0.25, 0.3) is 0 Å². The molecule has 1 aliphatic heterocycles. The smallest absolute Gasteiger partial charge is 0.0753 e. The number of aromatic nitrogens is 2. The number of rotatable bonds is 8. The zero-order valence-corrected chi connectivity index (χ0v) is 15.6. The van der Waals surface area contributed by atoms with E-state index in [1.165, 1.54) is 33.1 Å². The van der Waals surface area contributed by atoms with Crippen molar-refractivity contribution in [3.63, 3.8) is 0 Å². The molecule has 0 aliphatic carbocycles. The van der Waals surface area contributed by atoms with Crippen molar-refractivity contribution in [3.05, 3.63) is 23.4 Å². The fourth-order valence-electron chi connectivity index (χ4n) is 2.97. The van der Waals surface area contributed by atoms with Crippen LogP contribution in [0.15, 0.2) is 16.5 Å². The second-order valence-electron chi connectivity index (χ2n) is 5.84. The molecule has 3 heterocycles. The molecule has 23 heavy (non-hydrogen) atoms. The standard InChI is InChI=1S/C17H25N3OS2/c1-3-4-10-21-11-9-20-8-6-13-14(12-20)17(22-2)23-16(13)15-5-7-18-19-15/h5,7H,3-4,6,8-12H2,1-2H3,(H,18,19). The quantitative estimate of drug-likeness (QED) is 0.576. The van der Waals surface area contributed by atoms with Crippen molar-refractivity contribution in [2.24, 2.45) is 0 Å². The van der Waals surface area contributed by atoms with E-state index < -0.39 is 0 Å². The van der Waals surface area contributed by atoms with Crippen LogP contribution in [0.5, 0.6) is 0 Å². The van der Waals surface area contributed by atoms with Crippen molar-refractivity contribution in [1.82, 2.24) is 15.1 Å². The highest BCUT2D eigenvalue weighted by atomic mass is 32.2. The van der Waals surface area contributed by atoms with Crippen LogP contribution >= 0.6 is 23.1 Å². The maximum atomic E-state index is 5.73. The average molecular weight is 352 g/mol. The minimum atomic E-state index is 0.849. The summed E-state index contributed by atoms with van der Waals surface area (Å²) in [7, 11) is 0. The summed E-state index contributed by atoms with van der Waals surface area (Å²) < 4.78 is 7.17. The van der Waals surface area contributed by atoms with E-state index in [1.807, 2.05) is 29.3 Å². The summed E-state index contributed by atoms with van der Waals surface area (Å²) in [6.07, 6.45) is 7.50. The highest BCUT2D eigenvalue weighted by molar-refractivity contribution is 8.00. The van der Waals surface area contributed by atoms with Crippen molar-refractivity contribution >= 4 is 23.1 Å². The fourth-order valence-corrected chi connectivity index (χ4v) is 5.06. The molecular formula is C17H25N3OS2. The van der Waals surface area contributed by atoms with E-state index >= 15 is 0 Å². The molecule has 0 unspecified atom stereocenters. The number of fused-ring (bicyclic) bond motifs is 1. The first-order valence-electron chi connectivity index (χ1n) is 8.31. The van der Waals surface area contributed by atoms with Crippen molar-refractivity contribution in [2.45, 2.75) is 36.9 Å². The first-order chi connectivity index (χ1) is 11.3. The second-order valence-corrected chi connectivity index (χ2v) is 7.94. The molecular weight excluding hydrogens is 326 g/mol. The van der Waals surface area contributed by atoms with E-state index in [0.29, 0.717) is 0 Å². The SMILES string of the molecule is CCCCOCCN1CCc2c(-c3ccn[nH]3)sc(SC)c2C1. The van der Waals surface area contributed by atoms with Gasteiger partial charge in [0, 0.05) is 32.4 Å². The lowest BCUT2D eigenvalue weighted by Gasteiger charge is -2.28. The van der Waals surface area contributed by atoms with Gasteiger partial charge in [-0.3, -0.25) is 10.00 Å². The summed E-state index contributed by atoms with van der Waals surface area (Å²) in [5, 5.41) is 7.23. The monoisotopic (exact) mass is 351 g/mol. The zero-order valence-electron chi connectivity index (χ0n) is 13.9. The van der Waals surface area contributed by atoms with Gasteiger partial charge in [-0.1, -0.05) is 13.3 Å². The Hall–Kier alpha value is -0.820. The molecule has 0 aromatic carbocycles. The van der Waals surface area contributed by atoms with Gasteiger partial charge in [0.05, 0.1) is 21.4 Å². The minimum Gasteiger partial charge on any atom is -0.380 e. The molecule has 0 fully saturated rings. The van der Waals surface area contributed by atoms with Gasteiger partial charge < -0.3 is 4.74 Å². The van der Waals surface area contributed by atoms with Crippen molar-refractivity contribution < 1.29 is 4.74 Å². The highest BCUT2D eigenvalue weighted by Crippen LogP contribution is 2.42. The summed E-state index contributed by atoms with van der Waals surface area (Å²) in [5.74, 6) is 0. The number of H-pyrrole nitrogens is 1. The number of thiophene rings is 1. The third-order valence-corrected chi connectivity index (χ3v) is 6.73. The van der Waals surface area contributed by atoms with Crippen LogP contribution in [0, 0.1) is 0 Å². The second kappa shape index (κ2) is 8.33. The van der Waals surface area contributed by atoms with Gasteiger partial charge in [-0.2, -0.15) is 5.10 Å². The van der Waals surface area contributed by atoms with Crippen molar-refractivity contribution in [2.75, 3.05) is 32.6 Å². The van der Waals surface area contributed by atoms with E-state index in [0.717, 1.165) is 45.0 Å². The molecule has 2 aromatic heterocycles. The van der Waals surface area contributed by atoms with Crippen LogP contribution in [0.1, 0.15) is 30.9 Å². The Balaban J connectivity index is 1.66. The summed E-state index contributed by atoms with van der Waals surface area (Å²) in [6, 6.07) is 2.07. The summed E-state index contributed by atoms with van der Waals surface area (Å²) in [4.78, 5) is 3.90. The maximum absolute atomic E-state index is 5.73. The number of unbranched alkanes of at least 4 members (excludes halogenated alkanes) is 1. The van der Waals surface area contributed by atoms with Gasteiger partial charge in [0.2, 0.25) is 0 Å². The number of nitrogens with zero attached hydrogens (tertiary/aromatic N) is 2. The molecule has 6 heteroatoms. The Kier molecular flexibility index (Phi) is 6.16. The van der Waals surface area contributed by atoms with E-state index in [-0.39, 0.29) is 0 Å². The normalized spacial score (nSPS) is 15.0. The largest absolute Gasteiger partial charge is 0.380 e. The molecule has 0 saturated carbocycles. The first-order valence-corrected chi connectivity index (χ1v) is 10.4. The van der Waals surface area contributed by atoms with Crippen LogP contribution in [-0.2, 0) is 17.7 Å².